The minimum Gasteiger partial charge on any atom is -0.382 e. The number of amides is 1. The Bertz CT molecular complexity index is 953. The lowest BCUT2D eigenvalue weighted by Gasteiger charge is -2.20. The van der Waals surface area contributed by atoms with Crippen molar-refractivity contribution in [2.45, 2.75) is 52.0 Å². The van der Waals surface area contributed by atoms with Crippen molar-refractivity contribution < 1.29 is 9.53 Å². The summed E-state index contributed by atoms with van der Waals surface area (Å²) >= 11 is 0. The molecular formula is C22H31N5O2. The minimum absolute atomic E-state index is 0.109. The molecule has 7 nitrogen and oxygen atoms in total. The molecule has 0 aliphatic carbocycles. The molecule has 156 valence electrons. The van der Waals surface area contributed by atoms with Crippen molar-refractivity contribution in [2.75, 3.05) is 25.5 Å². The predicted molar refractivity (Wildman–Crippen MR) is 117 cm³/mol. The molecule has 1 aromatic carbocycles. The molecule has 0 bridgehead atoms. The normalized spacial score (nSPS) is 12.5. The molecule has 0 saturated carbocycles. The van der Waals surface area contributed by atoms with E-state index in [9.17, 15) is 4.79 Å². The van der Waals surface area contributed by atoms with Gasteiger partial charge in [-0.05, 0) is 32.3 Å². The van der Waals surface area contributed by atoms with Gasteiger partial charge in [-0.15, -0.1) is 0 Å². The second-order valence-corrected chi connectivity index (χ2v) is 7.27. The average molecular weight is 398 g/mol. The first-order valence-corrected chi connectivity index (χ1v) is 10.5. The molecule has 0 saturated heterocycles. The number of carbonyl (C=O) groups is 1. The highest BCUT2D eigenvalue weighted by Crippen LogP contribution is 2.30. The molecule has 3 N–H and O–H groups in total. The molecule has 1 atom stereocenters. The first-order chi connectivity index (χ1) is 14.2. The number of fused-ring (bicyclic) bond motifs is 3. The molecule has 1 unspecified atom stereocenters. The number of hydrogen-bond donors (Lipinski definition) is 2. The molecule has 29 heavy (non-hydrogen) atoms. The van der Waals surface area contributed by atoms with E-state index in [1.165, 1.54) is 0 Å². The average Bonchev–Trinajstić information content (AvgIpc) is 3.18. The van der Waals surface area contributed by atoms with E-state index in [1.807, 2.05) is 37.5 Å². The molecule has 3 aromatic rings. The van der Waals surface area contributed by atoms with Gasteiger partial charge in [0, 0.05) is 25.0 Å². The second-order valence-electron chi connectivity index (χ2n) is 7.27. The van der Waals surface area contributed by atoms with Gasteiger partial charge >= 0.3 is 0 Å². The third kappa shape index (κ3) is 5.03. The number of benzene rings is 1. The van der Waals surface area contributed by atoms with Crippen LogP contribution in [0.3, 0.4) is 0 Å². The van der Waals surface area contributed by atoms with E-state index in [1.54, 1.807) is 0 Å². The molecular weight excluding hydrogens is 366 g/mol. The van der Waals surface area contributed by atoms with E-state index < -0.39 is 0 Å². The van der Waals surface area contributed by atoms with Gasteiger partial charge in [0.25, 0.3) is 0 Å². The van der Waals surface area contributed by atoms with Crippen LogP contribution in [0.2, 0.25) is 0 Å². The van der Waals surface area contributed by atoms with Crippen molar-refractivity contribution in [3.8, 4) is 0 Å². The molecule has 2 aromatic heterocycles. The Balaban J connectivity index is 1.80. The fourth-order valence-corrected chi connectivity index (χ4v) is 3.59. The van der Waals surface area contributed by atoms with Crippen LogP contribution in [0.5, 0.6) is 0 Å². The second kappa shape index (κ2) is 10.2. The highest BCUT2D eigenvalue weighted by Gasteiger charge is 2.18. The molecule has 0 radical (unpaired) electrons. The zero-order valence-corrected chi connectivity index (χ0v) is 17.4. The number of imidazole rings is 1. The summed E-state index contributed by atoms with van der Waals surface area (Å²) in [6.45, 7) is 5.99. The first kappa shape index (κ1) is 21.0. The van der Waals surface area contributed by atoms with Crippen molar-refractivity contribution in [1.29, 1.82) is 0 Å². The largest absolute Gasteiger partial charge is 0.382 e. The highest BCUT2D eigenvalue weighted by molar-refractivity contribution is 6.06. The van der Waals surface area contributed by atoms with Crippen molar-refractivity contribution in [3.63, 3.8) is 0 Å². The van der Waals surface area contributed by atoms with Crippen LogP contribution in [0.15, 0.2) is 30.6 Å². The summed E-state index contributed by atoms with van der Waals surface area (Å²) < 4.78 is 7.92. The number of nitrogens with two attached hydrogens (primary N) is 1. The SMILES string of the molecule is CCCCC(=O)NCCCC(COCC)n1cnc2c(N)nc3ccccc3c21. The van der Waals surface area contributed by atoms with Gasteiger partial charge in [0.05, 0.1) is 30.0 Å². The number of aromatic nitrogens is 3. The monoisotopic (exact) mass is 397 g/mol. The van der Waals surface area contributed by atoms with Crippen LogP contribution in [0.1, 0.15) is 52.0 Å². The van der Waals surface area contributed by atoms with Gasteiger partial charge in [0.2, 0.25) is 5.91 Å². The number of nitrogens with zero attached hydrogens (tertiary/aromatic N) is 3. The number of ether oxygens (including phenoxy) is 1. The molecule has 2 heterocycles. The quantitative estimate of drug-likeness (QED) is 0.480. The summed E-state index contributed by atoms with van der Waals surface area (Å²) in [5.41, 5.74) is 8.73. The molecule has 0 spiro atoms. The van der Waals surface area contributed by atoms with E-state index >= 15 is 0 Å². The summed E-state index contributed by atoms with van der Waals surface area (Å²) in [4.78, 5) is 20.9. The fourth-order valence-electron chi connectivity index (χ4n) is 3.59. The van der Waals surface area contributed by atoms with Gasteiger partial charge in [-0.3, -0.25) is 4.79 Å². The van der Waals surface area contributed by atoms with Gasteiger partial charge in [-0.1, -0.05) is 31.5 Å². The smallest absolute Gasteiger partial charge is 0.219 e. The lowest BCUT2D eigenvalue weighted by atomic mass is 10.1. The number of unbranched alkanes of at least 4 members (excludes halogenated alkanes) is 1. The van der Waals surface area contributed by atoms with Gasteiger partial charge < -0.3 is 20.4 Å². The van der Waals surface area contributed by atoms with Crippen LogP contribution >= 0.6 is 0 Å². The number of pyridine rings is 1. The van der Waals surface area contributed by atoms with E-state index in [4.69, 9.17) is 10.5 Å². The Morgan fingerprint density at radius 1 is 1.28 bits per heavy atom. The summed E-state index contributed by atoms with van der Waals surface area (Å²) in [7, 11) is 0. The van der Waals surface area contributed by atoms with Crippen molar-refractivity contribution >= 4 is 33.7 Å². The van der Waals surface area contributed by atoms with Crippen LogP contribution < -0.4 is 11.1 Å². The molecule has 7 heteroatoms. The lowest BCUT2D eigenvalue weighted by molar-refractivity contribution is -0.121. The molecule has 3 rings (SSSR count). The molecule has 1 amide bonds. The van der Waals surface area contributed by atoms with Crippen molar-refractivity contribution in [1.82, 2.24) is 19.9 Å². The number of anilines is 1. The van der Waals surface area contributed by atoms with Gasteiger partial charge in [-0.25, -0.2) is 9.97 Å². The molecule has 0 aliphatic rings. The van der Waals surface area contributed by atoms with E-state index in [2.05, 4.69) is 26.8 Å². The highest BCUT2D eigenvalue weighted by atomic mass is 16.5. The molecule has 0 aliphatic heterocycles. The summed E-state index contributed by atoms with van der Waals surface area (Å²) in [5, 5.41) is 4.05. The Morgan fingerprint density at radius 3 is 2.90 bits per heavy atom. The van der Waals surface area contributed by atoms with E-state index in [0.29, 0.717) is 32.0 Å². The van der Waals surface area contributed by atoms with Gasteiger partial charge in [0.1, 0.15) is 5.52 Å². The van der Waals surface area contributed by atoms with Crippen LogP contribution in [-0.4, -0.2) is 40.2 Å². The van der Waals surface area contributed by atoms with Crippen LogP contribution in [0.4, 0.5) is 5.82 Å². The maximum absolute atomic E-state index is 11.8. The number of rotatable bonds is 11. The number of nitrogens with one attached hydrogen (secondary N) is 1. The Morgan fingerprint density at radius 2 is 2.10 bits per heavy atom. The maximum atomic E-state index is 11.8. The van der Waals surface area contributed by atoms with Crippen LogP contribution in [0.25, 0.3) is 21.9 Å². The molecule has 0 fully saturated rings. The fraction of sp³-hybridized carbons (Fsp3) is 0.500. The third-order valence-corrected chi connectivity index (χ3v) is 5.14. The lowest BCUT2D eigenvalue weighted by Crippen LogP contribution is -2.25. The van der Waals surface area contributed by atoms with Crippen LogP contribution in [-0.2, 0) is 9.53 Å². The third-order valence-electron chi connectivity index (χ3n) is 5.14. The van der Waals surface area contributed by atoms with Gasteiger partial charge in [0.15, 0.2) is 5.82 Å². The maximum Gasteiger partial charge on any atom is 0.219 e. The predicted octanol–water partition coefficient (Wildman–Crippen LogP) is 3.83. The Hall–Kier alpha value is -2.67. The topological polar surface area (TPSA) is 95.1 Å². The van der Waals surface area contributed by atoms with Crippen molar-refractivity contribution in [2.24, 2.45) is 0 Å². The van der Waals surface area contributed by atoms with E-state index in [0.717, 1.165) is 47.6 Å². The van der Waals surface area contributed by atoms with Crippen molar-refractivity contribution in [3.05, 3.63) is 30.6 Å². The summed E-state index contributed by atoms with van der Waals surface area (Å²) in [6.07, 6.45) is 6.14. The zero-order valence-electron chi connectivity index (χ0n) is 17.4. The summed E-state index contributed by atoms with van der Waals surface area (Å²) in [6, 6.07) is 8.08. The Labute approximate surface area is 171 Å². The number of nitrogen functional groups attached to an aromatic ring is 1. The number of para-hydroxylation sites is 1. The Kier molecular flexibility index (Phi) is 7.41. The number of hydrogen-bond acceptors (Lipinski definition) is 5. The summed E-state index contributed by atoms with van der Waals surface area (Å²) in [5.74, 6) is 0.571. The minimum atomic E-state index is 0.109. The van der Waals surface area contributed by atoms with Crippen LogP contribution in [0, 0.1) is 0 Å². The van der Waals surface area contributed by atoms with E-state index in [-0.39, 0.29) is 11.9 Å². The zero-order chi connectivity index (χ0) is 20.6. The number of carbonyl (C=O) groups excluding carboxylic acids is 1. The standard InChI is InChI=1S/C22H31N5O2/c1-3-5-12-19(28)24-13-8-9-16(14-29-4-2)27-15-25-20-21(27)17-10-6-7-11-18(17)26-22(20)23/h6-7,10-11,15-16H,3-5,8-9,12-14H2,1-2H3,(H2,23,26)(H,24,28). The van der Waals surface area contributed by atoms with Gasteiger partial charge in [-0.2, -0.15) is 0 Å². The first-order valence-electron chi connectivity index (χ1n) is 10.5.